The lowest BCUT2D eigenvalue weighted by atomic mass is 9.95. The third-order valence-electron chi connectivity index (χ3n) is 3.17. The number of hydrogen-bond acceptors (Lipinski definition) is 4. The zero-order chi connectivity index (χ0) is 13.0. The van der Waals surface area contributed by atoms with E-state index < -0.39 is 30.5 Å². The molecule has 4 atom stereocenters. The van der Waals surface area contributed by atoms with E-state index in [0.29, 0.717) is 12.8 Å². The first-order chi connectivity index (χ1) is 7.95. The Morgan fingerprint density at radius 2 is 1.94 bits per heavy atom. The first-order valence-corrected chi connectivity index (χ1v) is 5.75. The van der Waals surface area contributed by atoms with Crippen molar-refractivity contribution in [3.8, 4) is 0 Å². The van der Waals surface area contributed by atoms with Crippen molar-refractivity contribution in [2.24, 2.45) is 17.8 Å². The van der Waals surface area contributed by atoms with Crippen molar-refractivity contribution in [2.45, 2.75) is 25.9 Å². The van der Waals surface area contributed by atoms with Gasteiger partial charge in [0.1, 0.15) is 0 Å². The van der Waals surface area contributed by atoms with Gasteiger partial charge >= 0.3 is 5.97 Å². The third kappa shape index (κ3) is 3.67. The number of nitrogens with one attached hydrogen (secondary N) is 1. The molecule has 0 aromatic carbocycles. The lowest BCUT2D eigenvalue weighted by molar-refractivity contribution is -0.146. The van der Waals surface area contributed by atoms with Gasteiger partial charge in [-0.05, 0) is 18.8 Å². The van der Waals surface area contributed by atoms with E-state index in [1.165, 1.54) is 0 Å². The number of aliphatic carboxylic acids is 1. The van der Waals surface area contributed by atoms with Crippen LogP contribution in [0, 0.1) is 17.8 Å². The Hall–Kier alpha value is -1.14. The summed E-state index contributed by atoms with van der Waals surface area (Å²) >= 11 is 0. The van der Waals surface area contributed by atoms with Crippen molar-refractivity contribution in [1.82, 2.24) is 5.32 Å². The predicted molar refractivity (Wildman–Crippen MR) is 59.1 cm³/mol. The lowest BCUT2D eigenvalue weighted by Crippen LogP contribution is -2.40. The van der Waals surface area contributed by atoms with Gasteiger partial charge in [-0.1, -0.05) is 6.92 Å². The fourth-order valence-electron chi connectivity index (χ4n) is 2.27. The molecule has 0 aromatic heterocycles. The number of rotatable bonds is 5. The van der Waals surface area contributed by atoms with Crippen molar-refractivity contribution < 1.29 is 24.9 Å². The molecule has 4 unspecified atom stereocenters. The molecule has 1 aliphatic rings. The predicted octanol–water partition coefficient (Wildman–Crippen LogP) is -0.797. The maximum absolute atomic E-state index is 11.8. The van der Waals surface area contributed by atoms with Crippen LogP contribution in [0.3, 0.4) is 0 Å². The molecular weight excluding hydrogens is 226 g/mol. The summed E-state index contributed by atoms with van der Waals surface area (Å²) in [7, 11) is 0. The molecule has 0 saturated heterocycles. The Balaban J connectivity index is 2.52. The zero-order valence-electron chi connectivity index (χ0n) is 9.80. The molecule has 1 amide bonds. The highest BCUT2D eigenvalue weighted by molar-refractivity contribution is 5.85. The van der Waals surface area contributed by atoms with Gasteiger partial charge in [-0.3, -0.25) is 9.59 Å². The molecule has 1 rings (SSSR count). The molecule has 0 aromatic rings. The van der Waals surface area contributed by atoms with Gasteiger partial charge in [0.25, 0.3) is 0 Å². The second kappa shape index (κ2) is 5.97. The normalized spacial score (nSPS) is 29.9. The summed E-state index contributed by atoms with van der Waals surface area (Å²) in [6.45, 7) is 1.45. The van der Waals surface area contributed by atoms with Crippen molar-refractivity contribution in [3.05, 3.63) is 0 Å². The fourth-order valence-corrected chi connectivity index (χ4v) is 2.27. The summed E-state index contributed by atoms with van der Waals surface area (Å²) < 4.78 is 0. The van der Waals surface area contributed by atoms with Crippen LogP contribution in [-0.4, -0.2) is 46.5 Å². The van der Waals surface area contributed by atoms with Gasteiger partial charge in [0, 0.05) is 6.54 Å². The topological polar surface area (TPSA) is 107 Å². The van der Waals surface area contributed by atoms with E-state index in [9.17, 15) is 9.59 Å². The van der Waals surface area contributed by atoms with Crippen molar-refractivity contribution in [3.63, 3.8) is 0 Å². The van der Waals surface area contributed by atoms with Crippen molar-refractivity contribution in [1.29, 1.82) is 0 Å². The van der Waals surface area contributed by atoms with Gasteiger partial charge in [-0.2, -0.15) is 0 Å². The number of hydrogen-bond donors (Lipinski definition) is 4. The highest BCUT2D eigenvalue weighted by Gasteiger charge is 2.41. The first-order valence-electron chi connectivity index (χ1n) is 5.75. The van der Waals surface area contributed by atoms with E-state index in [4.69, 9.17) is 15.3 Å². The second-order valence-corrected chi connectivity index (χ2v) is 4.71. The number of aliphatic hydroxyl groups is 2. The summed E-state index contributed by atoms with van der Waals surface area (Å²) in [4.78, 5) is 22.7. The Bertz CT molecular complexity index is 294. The van der Waals surface area contributed by atoms with E-state index in [1.807, 2.05) is 6.92 Å². The molecule has 17 heavy (non-hydrogen) atoms. The van der Waals surface area contributed by atoms with Crippen LogP contribution >= 0.6 is 0 Å². The summed E-state index contributed by atoms with van der Waals surface area (Å²) in [6.07, 6.45) is 0.0645. The van der Waals surface area contributed by atoms with Gasteiger partial charge < -0.3 is 20.6 Å². The van der Waals surface area contributed by atoms with Crippen LogP contribution in [0.4, 0.5) is 0 Å². The number of carbonyl (C=O) groups excluding carboxylic acids is 1. The Morgan fingerprint density at radius 3 is 2.47 bits per heavy atom. The molecule has 0 spiro atoms. The molecule has 0 bridgehead atoms. The van der Waals surface area contributed by atoms with Gasteiger partial charge in [0.05, 0.1) is 24.5 Å². The highest BCUT2D eigenvalue weighted by Crippen LogP contribution is 2.36. The number of carboxylic acids is 1. The molecular formula is C11H19NO5. The van der Waals surface area contributed by atoms with Crippen LogP contribution in [0.15, 0.2) is 0 Å². The monoisotopic (exact) mass is 245 g/mol. The number of carbonyl (C=O) groups is 2. The smallest absolute Gasteiger partial charge is 0.307 e. The van der Waals surface area contributed by atoms with Crippen LogP contribution in [0.2, 0.25) is 0 Å². The average molecular weight is 245 g/mol. The quantitative estimate of drug-likeness (QED) is 0.507. The van der Waals surface area contributed by atoms with E-state index in [-0.39, 0.29) is 18.4 Å². The third-order valence-corrected chi connectivity index (χ3v) is 3.17. The SMILES string of the molecule is CC1CC(C(=O)O)C(C(=O)NCC(O)CO)C1. The molecule has 98 valence electrons. The average Bonchev–Trinajstić information content (AvgIpc) is 2.67. The van der Waals surface area contributed by atoms with E-state index in [2.05, 4.69) is 5.32 Å². The minimum atomic E-state index is -0.999. The molecule has 1 saturated carbocycles. The van der Waals surface area contributed by atoms with Crippen molar-refractivity contribution in [2.75, 3.05) is 13.2 Å². The summed E-state index contributed by atoms with van der Waals surface area (Å²) in [6, 6.07) is 0. The van der Waals surface area contributed by atoms with Gasteiger partial charge in [0.15, 0.2) is 0 Å². The minimum Gasteiger partial charge on any atom is -0.481 e. The number of aliphatic hydroxyl groups excluding tert-OH is 2. The van der Waals surface area contributed by atoms with E-state index in [1.54, 1.807) is 0 Å². The molecule has 0 aliphatic heterocycles. The standard InChI is InChI=1S/C11H19NO5/c1-6-2-8(9(3-6)11(16)17)10(15)12-4-7(14)5-13/h6-9,13-14H,2-5H2,1H3,(H,12,15)(H,16,17). The van der Waals surface area contributed by atoms with Crippen LogP contribution in [0.5, 0.6) is 0 Å². The van der Waals surface area contributed by atoms with E-state index >= 15 is 0 Å². The minimum absolute atomic E-state index is 0.0491. The van der Waals surface area contributed by atoms with Gasteiger partial charge in [0.2, 0.25) is 5.91 Å². The van der Waals surface area contributed by atoms with Crippen LogP contribution in [0.1, 0.15) is 19.8 Å². The zero-order valence-corrected chi connectivity index (χ0v) is 9.80. The van der Waals surface area contributed by atoms with Crippen LogP contribution in [0.25, 0.3) is 0 Å². The second-order valence-electron chi connectivity index (χ2n) is 4.71. The van der Waals surface area contributed by atoms with Gasteiger partial charge in [-0.25, -0.2) is 0 Å². The highest BCUT2D eigenvalue weighted by atomic mass is 16.4. The van der Waals surface area contributed by atoms with Crippen LogP contribution < -0.4 is 5.32 Å². The van der Waals surface area contributed by atoms with E-state index in [0.717, 1.165) is 0 Å². The largest absolute Gasteiger partial charge is 0.481 e. The summed E-state index contributed by atoms with van der Waals surface area (Å²) in [5.41, 5.74) is 0. The Morgan fingerprint density at radius 1 is 1.35 bits per heavy atom. The first kappa shape index (κ1) is 13.9. The number of amides is 1. The molecule has 6 heteroatoms. The maximum atomic E-state index is 11.8. The lowest BCUT2D eigenvalue weighted by Gasteiger charge is -2.16. The molecule has 0 heterocycles. The summed E-state index contributed by atoms with van der Waals surface area (Å²) in [5.74, 6) is -2.26. The van der Waals surface area contributed by atoms with Gasteiger partial charge in [-0.15, -0.1) is 0 Å². The molecule has 0 radical (unpaired) electrons. The Labute approximate surface area is 99.6 Å². The Kier molecular flexibility index (Phi) is 4.89. The molecule has 1 fully saturated rings. The maximum Gasteiger partial charge on any atom is 0.307 e. The molecule has 4 N–H and O–H groups in total. The molecule has 1 aliphatic carbocycles. The fraction of sp³-hybridized carbons (Fsp3) is 0.818. The molecule has 6 nitrogen and oxygen atoms in total. The van der Waals surface area contributed by atoms with Crippen LogP contribution in [-0.2, 0) is 9.59 Å². The van der Waals surface area contributed by atoms with Crippen molar-refractivity contribution >= 4 is 11.9 Å². The number of carboxylic acid groups (broad SMARTS) is 1. The summed E-state index contributed by atoms with van der Waals surface area (Å²) in [5, 5.41) is 29.2.